The van der Waals surface area contributed by atoms with Crippen LogP contribution >= 0.6 is 0 Å². The number of nitrogens with two attached hydrogens (primary N) is 1. The summed E-state index contributed by atoms with van der Waals surface area (Å²) in [6, 6.07) is 5.33. The van der Waals surface area contributed by atoms with Crippen molar-refractivity contribution in [1.82, 2.24) is 4.90 Å². The molecule has 1 aromatic rings. The number of anilines is 1. The van der Waals surface area contributed by atoms with Gasteiger partial charge in [-0.3, -0.25) is 9.59 Å². The van der Waals surface area contributed by atoms with Crippen LogP contribution in [-0.4, -0.2) is 37.4 Å². The van der Waals surface area contributed by atoms with Gasteiger partial charge in [0.25, 0.3) is 5.91 Å². The van der Waals surface area contributed by atoms with Crippen LogP contribution in [-0.2, 0) is 4.79 Å². The lowest BCUT2D eigenvalue weighted by Crippen LogP contribution is -2.31. The maximum atomic E-state index is 12.2. The lowest BCUT2D eigenvalue weighted by atomic mass is 10.0. The number of aryl methyl sites for hydroxylation is 1. The van der Waals surface area contributed by atoms with E-state index in [1.54, 1.807) is 26.2 Å². The molecule has 5 nitrogen and oxygen atoms in total. The van der Waals surface area contributed by atoms with Crippen LogP contribution in [0.15, 0.2) is 18.2 Å². The van der Waals surface area contributed by atoms with Gasteiger partial charge in [0, 0.05) is 31.9 Å². The number of nitrogens with zero attached hydrogens (tertiary/aromatic N) is 1. The van der Waals surface area contributed by atoms with Gasteiger partial charge in [-0.15, -0.1) is 0 Å². The van der Waals surface area contributed by atoms with Crippen LogP contribution in [0.3, 0.4) is 0 Å². The van der Waals surface area contributed by atoms with Crippen LogP contribution in [0.25, 0.3) is 0 Å². The maximum Gasteiger partial charge on any atom is 0.253 e. The number of nitrogens with one attached hydrogen (secondary N) is 1. The number of amides is 2. The Bertz CT molecular complexity index is 548. The first-order valence-corrected chi connectivity index (χ1v) is 6.73. The van der Waals surface area contributed by atoms with E-state index in [4.69, 9.17) is 5.73 Å². The molecule has 0 aliphatic heterocycles. The van der Waals surface area contributed by atoms with E-state index >= 15 is 0 Å². The first-order valence-electron chi connectivity index (χ1n) is 6.73. The number of benzene rings is 1. The highest BCUT2D eigenvalue weighted by molar-refractivity contribution is 6.00. The fourth-order valence-electron chi connectivity index (χ4n) is 2.08. The summed E-state index contributed by atoms with van der Waals surface area (Å²) in [5.41, 5.74) is 7.44. The molecule has 2 amide bonds. The SMILES string of the molecule is Cc1ccc(C(=O)N(C)C)cc1NC(=O)C1(CN)CC1. The van der Waals surface area contributed by atoms with Crippen molar-refractivity contribution < 1.29 is 9.59 Å². The fraction of sp³-hybridized carbons (Fsp3) is 0.467. The molecule has 2 rings (SSSR count). The molecule has 0 atom stereocenters. The highest BCUT2D eigenvalue weighted by atomic mass is 16.2. The van der Waals surface area contributed by atoms with E-state index in [1.165, 1.54) is 4.90 Å². The van der Waals surface area contributed by atoms with E-state index in [9.17, 15) is 9.59 Å². The van der Waals surface area contributed by atoms with Gasteiger partial charge >= 0.3 is 0 Å². The summed E-state index contributed by atoms with van der Waals surface area (Å²) < 4.78 is 0. The molecule has 1 fully saturated rings. The second-order valence-corrected chi connectivity index (χ2v) is 5.67. The predicted octanol–water partition coefficient (Wildman–Crippen LogP) is 1.37. The van der Waals surface area contributed by atoms with Crippen molar-refractivity contribution in [3.8, 4) is 0 Å². The minimum Gasteiger partial charge on any atom is -0.345 e. The molecule has 3 N–H and O–H groups in total. The van der Waals surface area contributed by atoms with Crippen LogP contribution in [0.2, 0.25) is 0 Å². The van der Waals surface area contributed by atoms with Gasteiger partial charge in [0.15, 0.2) is 0 Å². The van der Waals surface area contributed by atoms with Crippen molar-refractivity contribution in [2.75, 3.05) is 26.0 Å². The molecule has 0 bridgehead atoms. The molecule has 1 aliphatic carbocycles. The van der Waals surface area contributed by atoms with Crippen molar-refractivity contribution in [1.29, 1.82) is 0 Å². The molecule has 5 heteroatoms. The smallest absolute Gasteiger partial charge is 0.253 e. The molecule has 1 aliphatic rings. The van der Waals surface area contributed by atoms with Gasteiger partial charge in [-0.1, -0.05) is 6.07 Å². The highest BCUT2D eigenvalue weighted by Gasteiger charge is 2.48. The lowest BCUT2D eigenvalue weighted by molar-refractivity contribution is -0.120. The molecule has 0 aromatic heterocycles. The molecular weight excluding hydrogens is 254 g/mol. The number of hydrogen-bond acceptors (Lipinski definition) is 3. The molecule has 0 unspecified atom stereocenters. The van der Waals surface area contributed by atoms with Gasteiger partial charge in [0.1, 0.15) is 0 Å². The standard InChI is InChI=1S/C15H21N3O2/c1-10-4-5-11(13(19)18(2)3)8-12(10)17-14(20)15(9-16)6-7-15/h4-5,8H,6-7,9,16H2,1-3H3,(H,17,20). The first kappa shape index (κ1) is 14.5. The fourth-order valence-corrected chi connectivity index (χ4v) is 2.08. The third kappa shape index (κ3) is 2.67. The topological polar surface area (TPSA) is 75.4 Å². The second kappa shape index (κ2) is 5.25. The summed E-state index contributed by atoms with van der Waals surface area (Å²) in [5, 5.41) is 2.91. The Morgan fingerprint density at radius 2 is 2.00 bits per heavy atom. The summed E-state index contributed by atoms with van der Waals surface area (Å²) >= 11 is 0. The third-order valence-corrected chi connectivity index (χ3v) is 3.86. The average molecular weight is 275 g/mol. The summed E-state index contributed by atoms with van der Waals surface area (Å²) in [4.78, 5) is 25.7. The van der Waals surface area contributed by atoms with E-state index < -0.39 is 5.41 Å². The summed E-state index contributed by atoms with van der Waals surface area (Å²) in [7, 11) is 3.40. The second-order valence-electron chi connectivity index (χ2n) is 5.67. The number of hydrogen-bond donors (Lipinski definition) is 2. The Balaban J connectivity index is 2.21. The summed E-state index contributed by atoms with van der Waals surface area (Å²) in [5.74, 6) is -0.127. The van der Waals surface area contributed by atoms with E-state index in [2.05, 4.69) is 5.32 Å². The average Bonchev–Trinajstić information content (AvgIpc) is 3.21. The zero-order chi connectivity index (χ0) is 14.9. The van der Waals surface area contributed by atoms with E-state index in [1.807, 2.05) is 13.0 Å². The van der Waals surface area contributed by atoms with E-state index in [-0.39, 0.29) is 11.8 Å². The molecule has 108 valence electrons. The van der Waals surface area contributed by atoms with Crippen LogP contribution in [0.1, 0.15) is 28.8 Å². The third-order valence-electron chi connectivity index (χ3n) is 3.86. The van der Waals surface area contributed by atoms with Crippen LogP contribution in [0.5, 0.6) is 0 Å². The number of rotatable bonds is 4. The quantitative estimate of drug-likeness (QED) is 0.871. The van der Waals surface area contributed by atoms with Crippen LogP contribution in [0, 0.1) is 12.3 Å². The predicted molar refractivity (Wildman–Crippen MR) is 78.5 cm³/mol. The molecule has 1 aromatic carbocycles. The van der Waals surface area contributed by atoms with E-state index in [0.717, 1.165) is 18.4 Å². The van der Waals surface area contributed by atoms with Crippen LogP contribution < -0.4 is 11.1 Å². The normalized spacial score (nSPS) is 15.6. The minimum absolute atomic E-state index is 0.0439. The number of carbonyl (C=O) groups is 2. The zero-order valence-corrected chi connectivity index (χ0v) is 12.2. The molecule has 20 heavy (non-hydrogen) atoms. The van der Waals surface area contributed by atoms with Crippen molar-refractivity contribution in [3.63, 3.8) is 0 Å². The Kier molecular flexibility index (Phi) is 3.81. The molecular formula is C15H21N3O2. The molecule has 0 heterocycles. The largest absolute Gasteiger partial charge is 0.345 e. The molecule has 0 saturated heterocycles. The molecule has 1 saturated carbocycles. The van der Waals surface area contributed by atoms with Gasteiger partial charge in [-0.05, 0) is 37.5 Å². The van der Waals surface area contributed by atoms with Gasteiger partial charge in [0.2, 0.25) is 5.91 Å². The van der Waals surface area contributed by atoms with Crippen LogP contribution in [0.4, 0.5) is 5.69 Å². The maximum absolute atomic E-state index is 12.2. The van der Waals surface area contributed by atoms with Crippen molar-refractivity contribution in [2.24, 2.45) is 11.1 Å². The van der Waals surface area contributed by atoms with Crippen molar-refractivity contribution in [2.45, 2.75) is 19.8 Å². The Morgan fingerprint density at radius 1 is 1.35 bits per heavy atom. The minimum atomic E-state index is -0.395. The highest BCUT2D eigenvalue weighted by Crippen LogP contribution is 2.45. The van der Waals surface area contributed by atoms with Gasteiger partial charge in [-0.25, -0.2) is 0 Å². The number of carbonyl (C=O) groups excluding carboxylic acids is 2. The molecule has 0 spiro atoms. The summed E-state index contributed by atoms with van der Waals surface area (Å²) in [6.07, 6.45) is 1.68. The van der Waals surface area contributed by atoms with Crippen molar-refractivity contribution >= 4 is 17.5 Å². The summed E-state index contributed by atoms with van der Waals surface area (Å²) in [6.45, 7) is 2.27. The van der Waals surface area contributed by atoms with Crippen molar-refractivity contribution in [3.05, 3.63) is 29.3 Å². The molecule has 0 radical (unpaired) electrons. The lowest BCUT2D eigenvalue weighted by Gasteiger charge is -2.16. The van der Waals surface area contributed by atoms with Gasteiger partial charge < -0.3 is 16.0 Å². The zero-order valence-electron chi connectivity index (χ0n) is 12.2. The van der Waals surface area contributed by atoms with Gasteiger partial charge in [-0.2, -0.15) is 0 Å². The Hall–Kier alpha value is -1.88. The monoisotopic (exact) mass is 275 g/mol. The first-order chi connectivity index (χ1) is 9.39. The Morgan fingerprint density at radius 3 is 2.50 bits per heavy atom. The Labute approximate surface area is 119 Å². The van der Waals surface area contributed by atoms with Gasteiger partial charge in [0.05, 0.1) is 5.41 Å². The van der Waals surface area contributed by atoms with E-state index in [0.29, 0.717) is 17.8 Å².